The molecule has 1 saturated carbocycles. The normalized spacial score (nSPS) is 22.4. The number of amides is 1. The predicted molar refractivity (Wildman–Crippen MR) is 136 cm³/mol. The zero-order chi connectivity index (χ0) is 25.9. The van der Waals surface area contributed by atoms with Crippen molar-refractivity contribution >= 4 is 15.9 Å². The maximum atomic E-state index is 13.6. The topological polar surface area (TPSA) is 100 Å². The third-order valence-corrected chi connectivity index (χ3v) is 9.00. The van der Waals surface area contributed by atoms with Gasteiger partial charge in [0.2, 0.25) is 15.9 Å². The number of pyridine rings is 1. The first-order chi connectivity index (χ1) is 17.2. The maximum Gasteiger partial charge on any atom is 0.247 e. The van der Waals surface area contributed by atoms with Crippen LogP contribution in [0.15, 0.2) is 47.6 Å². The fourth-order valence-corrected chi connectivity index (χ4v) is 6.25. The van der Waals surface area contributed by atoms with Crippen LogP contribution < -0.4 is 4.74 Å². The van der Waals surface area contributed by atoms with Crippen molar-refractivity contribution in [1.29, 1.82) is 0 Å². The average Bonchev–Trinajstić information content (AvgIpc) is 2.83. The summed E-state index contributed by atoms with van der Waals surface area (Å²) in [5.41, 5.74) is 1.39. The van der Waals surface area contributed by atoms with Gasteiger partial charge in [-0.2, -0.15) is 4.31 Å². The summed E-state index contributed by atoms with van der Waals surface area (Å²) in [4.78, 5) is 18.5. The van der Waals surface area contributed by atoms with E-state index in [1.807, 2.05) is 6.92 Å². The lowest BCUT2D eigenvalue weighted by atomic mass is 9.84. The summed E-state index contributed by atoms with van der Waals surface area (Å²) in [7, 11) is -2.16. The minimum absolute atomic E-state index is 0.0298. The summed E-state index contributed by atoms with van der Waals surface area (Å²) in [5, 5.41) is 9.80. The molecule has 2 heterocycles. The average molecular weight is 512 g/mol. The number of fused-ring (bicyclic) bond motifs is 1. The van der Waals surface area contributed by atoms with E-state index in [0.717, 1.165) is 24.8 Å². The van der Waals surface area contributed by atoms with Crippen LogP contribution in [0.25, 0.3) is 0 Å². The molecule has 192 valence electrons. The standard InChI is InChI=1S/C27H33N3O5S/c1-19-16-30(20(2)18-31)36(33,34)26-10-9-22(8-7-21-11-13-28-14-12-21)15-24(26)35-25(19)17-29(3)27(32)23-5-4-6-23/h9-15,19-20,23,25,31H,4-6,16-18H2,1-3H3/t19-,20-,25+/m0/s1. The molecule has 2 aromatic rings. The summed E-state index contributed by atoms with van der Waals surface area (Å²) < 4.78 is 34.9. The van der Waals surface area contributed by atoms with E-state index in [4.69, 9.17) is 4.74 Å². The van der Waals surface area contributed by atoms with Crippen molar-refractivity contribution in [3.8, 4) is 17.6 Å². The molecule has 1 aliphatic heterocycles. The number of aliphatic hydroxyl groups is 1. The van der Waals surface area contributed by atoms with Gasteiger partial charge in [-0.1, -0.05) is 25.2 Å². The number of likely N-dealkylation sites (N-methyl/N-ethyl adjacent to an activating group) is 1. The van der Waals surface area contributed by atoms with E-state index in [1.165, 1.54) is 10.4 Å². The van der Waals surface area contributed by atoms with E-state index >= 15 is 0 Å². The second-order valence-corrected chi connectivity index (χ2v) is 11.6. The van der Waals surface area contributed by atoms with Crippen molar-refractivity contribution in [1.82, 2.24) is 14.2 Å². The molecule has 4 rings (SSSR count). The first kappa shape index (κ1) is 26.1. The Kier molecular flexibility index (Phi) is 7.98. The number of nitrogens with zero attached hydrogens (tertiary/aromatic N) is 3. The number of aliphatic hydroxyl groups excluding tert-OH is 1. The summed E-state index contributed by atoms with van der Waals surface area (Å²) in [6, 6.07) is 7.79. The Morgan fingerprint density at radius 3 is 2.56 bits per heavy atom. The van der Waals surface area contributed by atoms with Gasteiger partial charge >= 0.3 is 0 Å². The van der Waals surface area contributed by atoms with E-state index in [0.29, 0.717) is 12.1 Å². The molecular formula is C27H33N3O5S. The molecule has 0 bridgehead atoms. The highest BCUT2D eigenvalue weighted by atomic mass is 32.2. The van der Waals surface area contributed by atoms with Crippen LogP contribution in [0, 0.1) is 23.7 Å². The summed E-state index contributed by atoms with van der Waals surface area (Å²) >= 11 is 0. The zero-order valence-electron chi connectivity index (χ0n) is 20.9. The molecular weight excluding hydrogens is 478 g/mol. The molecule has 2 aliphatic rings. The Hall–Kier alpha value is -2.93. The fourth-order valence-electron chi connectivity index (χ4n) is 4.43. The van der Waals surface area contributed by atoms with Crippen LogP contribution in [0.5, 0.6) is 5.75 Å². The number of aromatic nitrogens is 1. The highest BCUT2D eigenvalue weighted by Crippen LogP contribution is 2.35. The van der Waals surface area contributed by atoms with E-state index < -0.39 is 22.2 Å². The van der Waals surface area contributed by atoms with Crippen molar-refractivity contribution in [2.24, 2.45) is 11.8 Å². The first-order valence-corrected chi connectivity index (χ1v) is 13.7. The van der Waals surface area contributed by atoms with Crippen LogP contribution in [0.4, 0.5) is 0 Å². The van der Waals surface area contributed by atoms with Gasteiger partial charge in [0.15, 0.2) is 0 Å². The number of carbonyl (C=O) groups is 1. The molecule has 1 N–H and O–H groups in total. The molecule has 1 aromatic heterocycles. The van der Waals surface area contributed by atoms with Gasteiger partial charge in [-0.05, 0) is 50.1 Å². The summed E-state index contributed by atoms with van der Waals surface area (Å²) in [6.07, 6.45) is 5.77. The minimum Gasteiger partial charge on any atom is -0.487 e. The SMILES string of the molecule is C[C@H]1CN([C@@H](C)CO)S(=O)(=O)c2ccc(C#Cc3ccncc3)cc2O[C@@H]1CN(C)C(=O)C1CCC1. The number of sulfonamides is 1. The highest BCUT2D eigenvalue weighted by Gasteiger charge is 2.39. The van der Waals surface area contributed by atoms with Crippen LogP contribution in [-0.4, -0.2) is 72.5 Å². The van der Waals surface area contributed by atoms with Gasteiger partial charge in [0.05, 0.1) is 13.2 Å². The Morgan fingerprint density at radius 2 is 1.92 bits per heavy atom. The number of ether oxygens (including phenoxy) is 1. The van der Waals surface area contributed by atoms with Gasteiger partial charge in [0.25, 0.3) is 0 Å². The van der Waals surface area contributed by atoms with Crippen molar-refractivity contribution in [3.63, 3.8) is 0 Å². The van der Waals surface area contributed by atoms with Gasteiger partial charge in [0.1, 0.15) is 16.7 Å². The van der Waals surface area contributed by atoms with Crippen LogP contribution in [0.1, 0.15) is 44.2 Å². The summed E-state index contributed by atoms with van der Waals surface area (Å²) in [5.74, 6) is 6.25. The van der Waals surface area contributed by atoms with Gasteiger partial charge in [-0.15, -0.1) is 0 Å². The number of rotatable bonds is 5. The first-order valence-electron chi connectivity index (χ1n) is 12.3. The smallest absolute Gasteiger partial charge is 0.247 e. The van der Waals surface area contributed by atoms with Crippen molar-refractivity contribution in [2.75, 3.05) is 26.7 Å². The molecule has 36 heavy (non-hydrogen) atoms. The molecule has 3 atom stereocenters. The number of hydrogen-bond acceptors (Lipinski definition) is 6. The van der Waals surface area contributed by atoms with E-state index in [-0.39, 0.29) is 41.5 Å². The van der Waals surface area contributed by atoms with Gasteiger partial charge in [-0.3, -0.25) is 9.78 Å². The second kappa shape index (κ2) is 11.0. The van der Waals surface area contributed by atoms with Crippen molar-refractivity contribution in [3.05, 3.63) is 53.9 Å². The van der Waals surface area contributed by atoms with Crippen molar-refractivity contribution in [2.45, 2.75) is 50.2 Å². The molecule has 8 nitrogen and oxygen atoms in total. The van der Waals surface area contributed by atoms with Gasteiger partial charge < -0.3 is 14.7 Å². The monoisotopic (exact) mass is 511 g/mol. The molecule has 0 saturated heterocycles. The van der Waals surface area contributed by atoms with Crippen LogP contribution in [0.3, 0.4) is 0 Å². The predicted octanol–water partition coefficient (Wildman–Crippen LogP) is 2.51. The molecule has 1 aliphatic carbocycles. The van der Waals surface area contributed by atoms with Gasteiger partial charge in [-0.25, -0.2) is 8.42 Å². The fraction of sp³-hybridized carbons (Fsp3) is 0.481. The lowest BCUT2D eigenvalue weighted by Gasteiger charge is -2.38. The Morgan fingerprint density at radius 1 is 1.22 bits per heavy atom. The minimum atomic E-state index is -3.94. The molecule has 1 amide bonds. The Bertz CT molecular complexity index is 1250. The lowest BCUT2D eigenvalue weighted by Crippen LogP contribution is -2.50. The molecule has 0 radical (unpaired) electrons. The van der Waals surface area contributed by atoms with Crippen LogP contribution >= 0.6 is 0 Å². The van der Waals surface area contributed by atoms with E-state index in [9.17, 15) is 18.3 Å². The van der Waals surface area contributed by atoms with Crippen LogP contribution in [-0.2, 0) is 14.8 Å². The molecule has 1 fully saturated rings. The second-order valence-electron chi connectivity index (χ2n) is 9.73. The highest BCUT2D eigenvalue weighted by molar-refractivity contribution is 7.89. The van der Waals surface area contributed by atoms with Crippen molar-refractivity contribution < 1.29 is 23.1 Å². The third-order valence-electron chi connectivity index (χ3n) is 6.98. The molecule has 9 heteroatoms. The van der Waals surface area contributed by atoms with E-state index in [2.05, 4.69) is 16.8 Å². The number of benzene rings is 1. The molecule has 0 spiro atoms. The lowest BCUT2D eigenvalue weighted by molar-refractivity contribution is -0.138. The number of hydrogen-bond donors (Lipinski definition) is 1. The van der Waals surface area contributed by atoms with E-state index in [1.54, 1.807) is 55.5 Å². The zero-order valence-corrected chi connectivity index (χ0v) is 21.7. The number of carbonyl (C=O) groups excluding carboxylic acids is 1. The third kappa shape index (κ3) is 5.56. The Balaban J connectivity index is 1.71. The largest absolute Gasteiger partial charge is 0.487 e. The molecule has 0 unspecified atom stereocenters. The Labute approximate surface area is 213 Å². The quantitative estimate of drug-likeness (QED) is 0.620. The summed E-state index contributed by atoms with van der Waals surface area (Å²) in [6.45, 7) is 3.80. The van der Waals surface area contributed by atoms with Crippen LogP contribution in [0.2, 0.25) is 0 Å². The van der Waals surface area contributed by atoms with Gasteiger partial charge in [0, 0.05) is 55.0 Å². The molecule has 1 aromatic carbocycles. The maximum absolute atomic E-state index is 13.6.